The third-order valence-electron chi connectivity index (χ3n) is 6.02. The molecule has 0 fully saturated rings. The highest BCUT2D eigenvalue weighted by atomic mass is 16.1. The molecule has 0 aromatic heterocycles. The first-order chi connectivity index (χ1) is 15.6. The Kier molecular flexibility index (Phi) is 6.97. The summed E-state index contributed by atoms with van der Waals surface area (Å²) in [5, 5.41) is 0. The van der Waals surface area contributed by atoms with Gasteiger partial charge >= 0.3 is 0 Å². The zero-order valence-corrected chi connectivity index (χ0v) is 19.0. The van der Waals surface area contributed by atoms with Gasteiger partial charge in [0.15, 0.2) is 5.78 Å². The van der Waals surface area contributed by atoms with Crippen LogP contribution in [0.15, 0.2) is 97.1 Å². The molecule has 0 aliphatic rings. The van der Waals surface area contributed by atoms with E-state index in [1.165, 1.54) is 33.4 Å². The van der Waals surface area contributed by atoms with Crippen molar-refractivity contribution in [3.05, 3.63) is 142 Å². The number of carbonyl (C=O) groups is 1. The minimum atomic E-state index is 0.0966. The minimum Gasteiger partial charge on any atom is -0.289 e. The second-order valence-corrected chi connectivity index (χ2v) is 8.70. The van der Waals surface area contributed by atoms with Gasteiger partial charge in [0, 0.05) is 11.1 Å². The summed E-state index contributed by atoms with van der Waals surface area (Å²) in [5.74, 6) is 0.0966. The van der Waals surface area contributed by atoms with E-state index >= 15 is 0 Å². The molecule has 4 aromatic carbocycles. The average Bonchev–Trinajstić information content (AvgIpc) is 2.83. The molecule has 32 heavy (non-hydrogen) atoms. The zero-order chi connectivity index (χ0) is 22.3. The van der Waals surface area contributed by atoms with Crippen LogP contribution in [0.25, 0.3) is 0 Å². The third-order valence-corrected chi connectivity index (χ3v) is 6.02. The number of rotatable bonds is 8. The van der Waals surface area contributed by atoms with Gasteiger partial charge in [-0.1, -0.05) is 96.1 Å². The zero-order valence-electron chi connectivity index (χ0n) is 19.0. The minimum absolute atomic E-state index is 0.0966. The van der Waals surface area contributed by atoms with Crippen molar-refractivity contribution in [2.75, 3.05) is 0 Å². The van der Waals surface area contributed by atoms with Gasteiger partial charge in [0.1, 0.15) is 0 Å². The first kappa shape index (κ1) is 21.8. The number of hydrogen-bond donors (Lipinski definition) is 0. The van der Waals surface area contributed by atoms with Crippen LogP contribution in [0, 0.1) is 13.8 Å². The van der Waals surface area contributed by atoms with Crippen molar-refractivity contribution in [2.45, 2.75) is 39.5 Å². The van der Waals surface area contributed by atoms with Gasteiger partial charge in [-0.2, -0.15) is 0 Å². The van der Waals surface area contributed by atoms with Crippen molar-refractivity contribution < 1.29 is 4.79 Å². The van der Waals surface area contributed by atoms with Gasteiger partial charge in [0.25, 0.3) is 0 Å². The van der Waals surface area contributed by atoms with E-state index in [2.05, 4.69) is 86.6 Å². The molecule has 0 amide bonds. The normalized spacial score (nSPS) is 10.8. The third kappa shape index (κ3) is 5.82. The van der Waals surface area contributed by atoms with Crippen LogP contribution in [0.2, 0.25) is 0 Å². The smallest absolute Gasteiger partial charge is 0.193 e. The molecule has 4 rings (SSSR count). The van der Waals surface area contributed by atoms with Crippen molar-refractivity contribution in [3.63, 3.8) is 0 Å². The largest absolute Gasteiger partial charge is 0.289 e. The number of ketones is 1. The summed E-state index contributed by atoms with van der Waals surface area (Å²) in [5.41, 5.74) is 9.15. The van der Waals surface area contributed by atoms with Crippen molar-refractivity contribution in [1.82, 2.24) is 0 Å². The highest BCUT2D eigenvalue weighted by Crippen LogP contribution is 2.17. The first-order valence-electron chi connectivity index (χ1n) is 11.4. The topological polar surface area (TPSA) is 17.1 Å². The van der Waals surface area contributed by atoms with Crippen molar-refractivity contribution in [3.8, 4) is 0 Å². The summed E-state index contributed by atoms with van der Waals surface area (Å²) in [6, 6.07) is 33.5. The number of benzene rings is 4. The molecule has 160 valence electrons. The second-order valence-electron chi connectivity index (χ2n) is 8.70. The maximum atomic E-state index is 13.2. The van der Waals surface area contributed by atoms with E-state index in [0.717, 1.165) is 36.8 Å². The molecular weight excluding hydrogens is 388 g/mol. The van der Waals surface area contributed by atoms with Gasteiger partial charge in [-0.3, -0.25) is 4.79 Å². The van der Waals surface area contributed by atoms with Crippen LogP contribution in [0.1, 0.15) is 49.3 Å². The van der Waals surface area contributed by atoms with Gasteiger partial charge < -0.3 is 0 Å². The molecule has 0 unspecified atom stereocenters. The van der Waals surface area contributed by atoms with E-state index in [4.69, 9.17) is 0 Å². The van der Waals surface area contributed by atoms with Crippen LogP contribution in [-0.4, -0.2) is 5.78 Å². The lowest BCUT2D eigenvalue weighted by molar-refractivity contribution is 0.103. The Balaban J connectivity index is 1.42. The summed E-state index contributed by atoms with van der Waals surface area (Å²) in [6.07, 6.45) is 3.82. The van der Waals surface area contributed by atoms with Gasteiger partial charge in [0.05, 0.1) is 0 Å². The van der Waals surface area contributed by atoms with Gasteiger partial charge in [0.2, 0.25) is 0 Å². The van der Waals surface area contributed by atoms with Gasteiger partial charge in [-0.05, 0) is 73.9 Å². The Morgan fingerprint density at radius 1 is 0.500 bits per heavy atom. The molecular formula is C31H30O. The van der Waals surface area contributed by atoms with Gasteiger partial charge in [-0.25, -0.2) is 0 Å². The number of aryl methyl sites for hydroxylation is 6. The molecule has 0 bridgehead atoms. The summed E-state index contributed by atoms with van der Waals surface area (Å²) in [4.78, 5) is 13.2. The maximum absolute atomic E-state index is 13.2. The van der Waals surface area contributed by atoms with E-state index in [9.17, 15) is 4.79 Å². The van der Waals surface area contributed by atoms with Gasteiger partial charge in [-0.15, -0.1) is 0 Å². The molecule has 0 saturated heterocycles. The van der Waals surface area contributed by atoms with Crippen LogP contribution < -0.4 is 0 Å². The highest BCUT2D eigenvalue weighted by Gasteiger charge is 2.10. The Bertz CT molecular complexity index is 1090. The van der Waals surface area contributed by atoms with Crippen LogP contribution >= 0.6 is 0 Å². The Morgan fingerprint density at radius 2 is 0.875 bits per heavy atom. The first-order valence-corrected chi connectivity index (χ1v) is 11.4. The predicted octanol–water partition coefficient (Wildman–Crippen LogP) is 7.10. The fourth-order valence-electron chi connectivity index (χ4n) is 3.99. The lowest BCUT2D eigenvalue weighted by atomic mass is 9.96. The van der Waals surface area contributed by atoms with Crippen LogP contribution in [0.4, 0.5) is 0 Å². The Hall–Kier alpha value is -3.45. The van der Waals surface area contributed by atoms with E-state index in [1.54, 1.807) is 0 Å². The standard InChI is InChI=1S/C31H30O/c1-23-9-13-25(14-10-23)17-19-27-5-3-7-29(21-27)31(32)30-8-4-6-28(22-30)20-18-26-15-11-24(2)12-16-26/h3-16,21-22H,17-20H2,1-2H3. The van der Waals surface area contributed by atoms with E-state index in [-0.39, 0.29) is 5.78 Å². The molecule has 0 spiro atoms. The Morgan fingerprint density at radius 3 is 1.28 bits per heavy atom. The monoisotopic (exact) mass is 418 g/mol. The predicted molar refractivity (Wildman–Crippen MR) is 133 cm³/mol. The summed E-state index contributed by atoms with van der Waals surface area (Å²) < 4.78 is 0. The maximum Gasteiger partial charge on any atom is 0.193 e. The summed E-state index contributed by atoms with van der Waals surface area (Å²) in [6.45, 7) is 4.22. The van der Waals surface area contributed by atoms with Crippen molar-refractivity contribution >= 4 is 5.78 Å². The molecule has 0 radical (unpaired) electrons. The highest BCUT2D eigenvalue weighted by molar-refractivity contribution is 6.09. The van der Waals surface area contributed by atoms with Crippen LogP contribution in [0.5, 0.6) is 0 Å². The van der Waals surface area contributed by atoms with Crippen molar-refractivity contribution in [1.29, 1.82) is 0 Å². The molecule has 0 heterocycles. The van der Waals surface area contributed by atoms with Crippen molar-refractivity contribution in [2.24, 2.45) is 0 Å². The molecule has 0 N–H and O–H groups in total. The van der Waals surface area contributed by atoms with E-state index < -0.39 is 0 Å². The SMILES string of the molecule is Cc1ccc(CCc2cccc(C(=O)c3cccc(CCc4ccc(C)cc4)c3)c2)cc1. The molecule has 1 nitrogen and oxygen atoms in total. The fraction of sp³-hybridized carbons (Fsp3) is 0.194. The average molecular weight is 419 g/mol. The number of hydrogen-bond acceptors (Lipinski definition) is 1. The summed E-state index contributed by atoms with van der Waals surface area (Å²) in [7, 11) is 0. The quantitative estimate of drug-likeness (QED) is 0.279. The van der Waals surface area contributed by atoms with E-state index in [0.29, 0.717) is 0 Å². The lowest BCUT2D eigenvalue weighted by Gasteiger charge is -2.08. The fourth-order valence-corrected chi connectivity index (χ4v) is 3.99. The second kappa shape index (κ2) is 10.2. The molecule has 1 heteroatoms. The summed E-state index contributed by atoms with van der Waals surface area (Å²) >= 11 is 0. The molecule has 0 atom stereocenters. The van der Waals surface area contributed by atoms with Crippen LogP contribution in [0.3, 0.4) is 0 Å². The molecule has 0 aliphatic heterocycles. The molecule has 0 aliphatic carbocycles. The Labute approximate surface area is 191 Å². The number of carbonyl (C=O) groups excluding carboxylic acids is 1. The lowest BCUT2D eigenvalue weighted by Crippen LogP contribution is -2.03. The van der Waals surface area contributed by atoms with E-state index in [1.807, 2.05) is 24.3 Å². The molecule has 4 aromatic rings. The molecule has 0 saturated carbocycles. The van der Waals surface area contributed by atoms with Crippen LogP contribution in [-0.2, 0) is 25.7 Å².